The minimum Gasteiger partial charge on any atom is -0.462 e. The van der Waals surface area contributed by atoms with Crippen molar-refractivity contribution in [2.45, 2.75) is 24.5 Å². The van der Waals surface area contributed by atoms with Gasteiger partial charge in [0.15, 0.2) is 5.54 Å². The first-order chi connectivity index (χ1) is 16.2. The molecular formula is C26H26N4O3. The highest BCUT2D eigenvalue weighted by Crippen LogP contribution is 2.52. The van der Waals surface area contributed by atoms with Gasteiger partial charge in [-0.15, -0.1) is 0 Å². The summed E-state index contributed by atoms with van der Waals surface area (Å²) < 4.78 is 17.6. The standard InChI is InChI=1S/C26H26N4O3/c1-31-20-8-11-30(12-9-20)19-5-7-24-22(14-19)26(16-32-25(27)29-26)21-13-17(4-6-23(21)33-24)18-3-2-10-28-15-18/h2-7,10,13-15,20H,8-9,11-12,16H2,1H3,(H2,27,29)/t26-/m0/s1. The molecule has 2 aromatic carbocycles. The summed E-state index contributed by atoms with van der Waals surface area (Å²) in [5.41, 5.74) is 10.5. The molecule has 0 aliphatic carbocycles. The molecule has 1 spiro atoms. The predicted molar refractivity (Wildman–Crippen MR) is 127 cm³/mol. The van der Waals surface area contributed by atoms with Crippen LogP contribution < -0.4 is 15.4 Å². The summed E-state index contributed by atoms with van der Waals surface area (Å²) in [5, 5.41) is 0. The average Bonchev–Trinajstić information content (AvgIpc) is 3.26. The van der Waals surface area contributed by atoms with Crippen molar-refractivity contribution >= 4 is 11.7 Å². The van der Waals surface area contributed by atoms with Crippen molar-refractivity contribution in [1.29, 1.82) is 0 Å². The quantitative estimate of drug-likeness (QED) is 0.659. The van der Waals surface area contributed by atoms with Gasteiger partial charge in [-0.25, -0.2) is 4.99 Å². The molecule has 1 atom stereocenters. The molecule has 7 nitrogen and oxygen atoms in total. The molecule has 33 heavy (non-hydrogen) atoms. The average molecular weight is 443 g/mol. The Hall–Kier alpha value is -3.58. The Morgan fingerprint density at radius 2 is 1.82 bits per heavy atom. The van der Waals surface area contributed by atoms with Crippen molar-refractivity contribution in [3.63, 3.8) is 0 Å². The van der Waals surface area contributed by atoms with Gasteiger partial charge in [-0.05, 0) is 54.8 Å². The third kappa shape index (κ3) is 3.31. The van der Waals surface area contributed by atoms with Crippen LogP contribution in [0, 0.1) is 0 Å². The molecule has 168 valence electrons. The van der Waals surface area contributed by atoms with E-state index in [2.05, 4.69) is 28.1 Å². The topological polar surface area (TPSA) is 82.2 Å². The van der Waals surface area contributed by atoms with E-state index in [1.165, 1.54) is 0 Å². The van der Waals surface area contributed by atoms with Crippen molar-refractivity contribution in [3.8, 4) is 22.6 Å². The molecular weight excluding hydrogens is 416 g/mol. The van der Waals surface area contributed by atoms with E-state index in [1.54, 1.807) is 13.3 Å². The molecule has 7 heteroatoms. The van der Waals surface area contributed by atoms with E-state index in [9.17, 15) is 0 Å². The monoisotopic (exact) mass is 442 g/mol. The first kappa shape index (κ1) is 20.1. The zero-order chi connectivity index (χ0) is 22.4. The molecule has 0 amide bonds. The highest BCUT2D eigenvalue weighted by Gasteiger charge is 2.47. The molecule has 1 saturated heterocycles. The number of methoxy groups -OCH3 is 1. The van der Waals surface area contributed by atoms with Crippen LogP contribution in [0.25, 0.3) is 11.1 Å². The second-order valence-electron chi connectivity index (χ2n) is 8.76. The number of hydrogen-bond acceptors (Lipinski definition) is 7. The van der Waals surface area contributed by atoms with Crippen molar-refractivity contribution in [2.75, 3.05) is 31.7 Å². The lowest BCUT2D eigenvalue weighted by Crippen LogP contribution is -2.37. The van der Waals surface area contributed by atoms with Crippen LogP contribution in [0.15, 0.2) is 65.9 Å². The Labute approximate surface area is 192 Å². The molecule has 1 fully saturated rings. The maximum absolute atomic E-state index is 6.35. The number of nitrogens with two attached hydrogens (primary N) is 1. The third-order valence-electron chi connectivity index (χ3n) is 6.92. The molecule has 0 bridgehead atoms. The van der Waals surface area contributed by atoms with Gasteiger partial charge in [-0.1, -0.05) is 12.1 Å². The molecule has 0 saturated carbocycles. The Balaban J connectivity index is 1.45. The van der Waals surface area contributed by atoms with E-state index < -0.39 is 5.54 Å². The fourth-order valence-electron chi connectivity index (χ4n) is 5.10. The fourth-order valence-corrected chi connectivity index (χ4v) is 5.10. The number of aromatic nitrogens is 1. The van der Waals surface area contributed by atoms with Crippen LogP contribution in [0.4, 0.5) is 5.69 Å². The maximum atomic E-state index is 6.35. The molecule has 3 aliphatic rings. The van der Waals surface area contributed by atoms with Crippen LogP contribution in [-0.2, 0) is 15.0 Å². The molecule has 3 aliphatic heterocycles. The minimum atomic E-state index is -0.744. The lowest BCUT2D eigenvalue weighted by atomic mass is 9.80. The van der Waals surface area contributed by atoms with Crippen LogP contribution >= 0.6 is 0 Å². The van der Waals surface area contributed by atoms with Gasteiger partial charge in [0.25, 0.3) is 6.02 Å². The normalized spacial score (nSPS) is 21.7. The zero-order valence-corrected chi connectivity index (χ0v) is 18.5. The summed E-state index contributed by atoms with van der Waals surface area (Å²) in [5.74, 6) is 1.56. The smallest absolute Gasteiger partial charge is 0.283 e. The first-order valence-electron chi connectivity index (χ1n) is 11.3. The number of hydrogen-bond donors (Lipinski definition) is 1. The van der Waals surface area contributed by atoms with Crippen LogP contribution in [0.5, 0.6) is 11.5 Å². The van der Waals surface area contributed by atoms with Crippen LogP contribution in [0.2, 0.25) is 0 Å². The van der Waals surface area contributed by atoms with E-state index in [-0.39, 0.29) is 6.02 Å². The largest absolute Gasteiger partial charge is 0.462 e. The lowest BCUT2D eigenvalue weighted by Gasteiger charge is -2.36. The zero-order valence-electron chi connectivity index (χ0n) is 18.5. The molecule has 4 heterocycles. The number of benzene rings is 2. The summed E-state index contributed by atoms with van der Waals surface area (Å²) in [4.78, 5) is 11.5. The van der Waals surface area contributed by atoms with Gasteiger partial charge in [0.1, 0.15) is 18.1 Å². The SMILES string of the molecule is COC1CCN(c2ccc3c(c2)[C@]2(COC(N)=N2)c2cc(-c4cccnc4)ccc2O3)CC1. The summed E-state index contributed by atoms with van der Waals surface area (Å²) in [6, 6.07) is 16.7. The number of piperidine rings is 1. The predicted octanol–water partition coefficient (Wildman–Crippen LogP) is 4.06. The van der Waals surface area contributed by atoms with Gasteiger partial charge in [0, 0.05) is 55.0 Å². The second kappa shape index (κ2) is 7.78. The number of amidine groups is 1. The molecule has 1 aromatic heterocycles. The van der Waals surface area contributed by atoms with Crippen LogP contribution in [0.1, 0.15) is 24.0 Å². The highest BCUT2D eigenvalue weighted by atomic mass is 16.5. The number of fused-ring (bicyclic) bond motifs is 4. The molecule has 0 unspecified atom stereocenters. The van der Waals surface area contributed by atoms with Gasteiger partial charge in [0.2, 0.25) is 0 Å². The summed E-state index contributed by atoms with van der Waals surface area (Å²) >= 11 is 0. The Morgan fingerprint density at radius 1 is 1.03 bits per heavy atom. The number of pyridine rings is 1. The number of aliphatic imine (C=N–C) groups is 1. The highest BCUT2D eigenvalue weighted by molar-refractivity contribution is 5.78. The molecule has 3 aromatic rings. The van der Waals surface area contributed by atoms with Crippen molar-refractivity contribution < 1.29 is 14.2 Å². The Morgan fingerprint density at radius 3 is 2.52 bits per heavy atom. The minimum absolute atomic E-state index is 0.201. The van der Waals surface area contributed by atoms with Gasteiger partial charge >= 0.3 is 0 Å². The van der Waals surface area contributed by atoms with Crippen LogP contribution in [-0.4, -0.2) is 43.9 Å². The van der Waals surface area contributed by atoms with Gasteiger partial charge in [-0.2, -0.15) is 0 Å². The maximum Gasteiger partial charge on any atom is 0.283 e. The lowest BCUT2D eigenvalue weighted by molar-refractivity contribution is 0.0819. The van der Waals surface area contributed by atoms with E-state index >= 15 is 0 Å². The number of nitrogens with zero attached hydrogens (tertiary/aromatic N) is 3. The van der Waals surface area contributed by atoms with E-state index in [4.69, 9.17) is 24.9 Å². The Bertz CT molecular complexity index is 1220. The van der Waals surface area contributed by atoms with E-state index in [1.807, 2.05) is 36.5 Å². The summed E-state index contributed by atoms with van der Waals surface area (Å²) in [7, 11) is 1.79. The number of rotatable bonds is 3. The van der Waals surface area contributed by atoms with Crippen molar-refractivity contribution in [3.05, 3.63) is 72.1 Å². The summed E-state index contributed by atoms with van der Waals surface area (Å²) in [6.45, 7) is 2.25. The summed E-state index contributed by atoms with van der Waals surface area (Å²) in [6.07, 6.45) is 5.99. The fraction of sp³-hybridized carbons (Fsp3) is 0.308. The molecule has 0 radical (unpaired) electrons. The van der Waals surface area contributed by atoms with Crippen molar-refractivity contribution in [1.82, 2.24) is 4.98 Å². The van der Waals surface area contributed by atoms with Gasteiger partial charge in [-0.3, -0.25) is 4.98 Å². The van der Waals surface area contributed by atoms with Gasteiger partial charge in [0.05, 0.1) is 6.10 Å². The second-order valence-corrected chi connectivity index (χ2v) is 8.76. The number of ether oxygens (including phenoxy) is 3. The Kier molecular flexibility index (Phi) is 4.73. The van der Waals surface area contributed by atoms with Gasteiger partial charge < -0.3 is 24.8 Å². The molecule has 2 N–H and O–H groups in total. The first-order valence-corrected chi connectivity index (χ1v) is 11.3. The number of anilines is 1. The molecule has 6 rings (SSSR count). The van der Waals surface area contributed by atoms with E-state index in [0.717, 1.165) is 65.4 Å². The van der Waals surface area contributed by atoms with E-state index in [0.29, 0.717) is 12.7 Å². The third-order valence-corrected chi connectivity index (χ3v) is 6.92. The van der Waals surface area contributed by atoms with Crippen molar-refractivity contribution in [2.24, 2.45) is 10.7 Å². The van der Waals surface area contributed by atoms with Crippen LogP contribution in [0.3, 0.4) is 0 Å².